The van der Waals surface area contributed by atoms with Gasteiger partial charge in [0.15, 0.2) is 5.76 Å². The smallest absolute Gasteiger partial charge is 0.289 e. The van der Waals surface area contributed by atoms with Crippen molar-refractivity contribution < 1.29 is 18.7 Å². The summed E-state index contributed by atoms with van der Waals surface area (Å²) >= 11 is 0. The maximum absolute atomic E-state index is 12.9. The minimum absolute atomic E-state index is 0.182. The molecule has 112 valence electrons. The van der Waals surface area contributed by atoms with Crippen LogP contribution in [0.5, 0.6) is 0 Å². The predicted octanol–water partition coefficient (Wildman–Crippen LogP) is 2.93. The van der Waals surface area contributed by atoms with Crippen LogP contribution in [0.25, 0.3) is 11.3 Å². The Labute approximate surface area is 122 Å². The van der Waals surface area contributed by atoms with Gasteiger partial charge in [0.1, 0.15) is 11.6 Å². The third kappa shape index (κ3) is 3.92. The van der Waals surface area contributed by atoms with Crippen molar-refractivity contribution in [2.45, 2.75) is 19.4 Å². The van der Waals surface area contributed by atoms with E-state index in [-0.39, 0.29) is 24.0 Å². The second-order valence-corrected chi connectivity index (χ2v) is 5.64. The first-order chi connectivity index (χ1) is 9.76. The van der Waals surface area contributed by atoms with Gasteiger partial charge in [0.2, 0.25) is 0 Å². The van der Waals surface area contributed by atoms with E-state index < -0.39 is 5.60 Å². The number of halogens is 1. The number of nitrogens with zero attached hydrogens (tertiary/aromatic N) is 1. The molecular weight excluding hydrogens is 273 g/mol. The molecule has 1 aromatic carbocycles. The molecule has 1 amide bonds. The van der Waals surface area contributed by atoms with Crippen molar-refractivity contribution in [1.29, 1.82) is 0 Å². The zero-order valence-electron chi connectivity index (χ0n) is 12.3. The van der Waals surface area contributed by atoms with Crippen LogP contribution >= 0.6 is 0 Å². The molecule has 2 rings (SSSR count). The molecule has 2 aromatic rings. The summed E-state index contributed by atoms with van der Waals surface area (Å²) in [5.41, 5.74) is -0.280. The number of rotatable bonds is 4. The number of hydrogen-bond acceptors (Lipinski definition) is 3. The normalized spacial score (nSPS) is 11.5. The molecule has 1 heterocycles. The minimum atomic E-state index is -0.975. The number of furan rings is 1. The Morgan fingerprint density at radius 3 is 2.43 bits per heavy atom. The van der Waals surface area contributed by atoms with Crippen molar-refractivity contribution in [3.05, 3.63) is 48.0 Å². The number of aliphatic hydroxyl groups is 1. The van der Waals surface area contributed by atoms with Crippen LogP contribution in [0.15, 0.2) is 40.8 Å². The molecule has 5 heteroatoms. The molecule has 1 N–H and O–H groups in total. The van der Waals surface area contributed by atoms with E-state index >= 15 is 0 Å². The standard InChI is InChI=1S/C16H18FNO3/c1-16(2,20)10-18(3)15(19)14-9-8-13(21-14)11-4-6-12(17)7-5-11/h4-9,20H,10H2,1-3H3. The lowest BCUT2D eigenvalue weighted by Crippen LogP contribution is -2.39. The first-order valence-electron chi connectivity index (χ1n) is 6.60. The Bertz CT molecular complexity index is 626. The Kier molecular flexibility index (Phi) is 4.14. The lowest BCUT2D eigenvalue weighted by atomic mass is 10.1. The van der Waals surface area contributed by atoms with Gasteiger partial charge in [-0.05, 0) is 50.2 Å². The first kappa shape index (κ1) is 15.3. The van der Waals surface area contributed by atoms with E-state index in [0.717, 1.165) is 0 Å². The molecule has 0 spiro atoms. The molecule has 0 aliphatic carbocycles. The summed E-state index contributed by atoms with van der Waals surface area (Å²) < 4.78 is 18.4. The Balaban J connectivity index is 2.16. The van der Waals surface area contributed by atoms with Crippen molar-refractivity contribution in [2.24, 2.45) is 0 Å². The van der Waals surface area contributed by atoms with Gasteiger partial charge in [-0.25, -0.2) is 4.39 Å². The molecule has 21 heavy (non-hydrogen) atoms. The van der Waals surface area contributed by atoms with Crippen LogP contribution in [0.1, 0.15) is 24.4 Å². The van der Waals surface area contributed by atoms with Gasteiger partial charge in [-0.2, -0.15) is 0 Å². The van der Waals surface area contributed by atoms with Crippen LogP contribution in [-0.4, -0.2) is 35.1 Å². The second-order valence-electron chi connectivity index (χ2n) is 5.64. The summed E-state index contributed by atoms with van der Waals surface area (Å²) in [6.45, 7) is 3.45. The number of hydrogen-bond donors (Lipinski definition) is 1. The summed E-state index contributed by atoms with van der Waals surface area (Å²) in [7, 11) is 1.60. The minimum Gasteiger partial charge on any atom is -0.451 e. The Hall–Kier alpha value is -2.14. The van der Waals surface area contributed by atoms with Gasteiger partial charge in [-0.1, -0.05) is 0 Å². The second kappa shape index (κ2) is 5.69. The quantitative estimate of drug-likeness (QED) is 0.942. The van der Waals surface area contributed by atoms with Crippen molar-refractivity contribution >= 4 is 5.91 Å². The fraction of sp³-hybridized carbons (Fsp3) is 0.312. The van der Waals surface area contributed by atoms with Gasteiger partial charge >= 0.3 is 0 Å². The zero-order chi connectivity index (χ0) is 15.6. The van der Waals surface area contributed by atoms with Crippen LogP contribution in [0.2, 0.25) is 0 Å². The number of benzene rings is 1. The topological polar surface area (TPSA) is 53.7 Å². The highest BCUT2D eigenvalue weighted by Gasteiger charge is 2.22. The van der Waals surface area contributed by atoms with Crippen molar-refractivity contribution in [1.82, 2.24) is 4.90 Å². The van der Waals surface area contributed by atoms with Gasteiger partial charge < -0.3 is 14.4 Å². The average molecular weight is 291 g/mol. The molecule has 0 unspecified atom stereocenters. The van der Waals surface area contributed by atoms with E-state index in [0.29, 0.717) is 11.3 Å². The van der Waals surface area contributed by atoms with E-state index in [2.05, 4.69) is 0 Å². The van der Waals surface area contributed by atoms with Crippen LogP contribution in [-0.2, 0) is 0 Å². The molecular formula is C16H18FNO3. The SMILES string of the molecule is CN(CC(C)(C)O)C(=O)c1ccc(-c2ccc(F)cc2)o1. The summed E-state index contributed by atoms with van der Waals surface area (Å²) in [5, 5.41) is 9.73. The largest absolute Gasteiger partial charge is 0.451 e. The van der Waals surface area contributed by atoms with Crippen LogP contribution in [0.4, 0.5) is 4.39 Å². The van der Waals surface area contributed by atoms with Gasteiger partial charge in [0.25, 0.3) is 5.91 Å². The monoisotopic (exact) mass is 291 g/mol. The van der Waals surface area contributed by atoms with Gasteiger partial charge in [-0.15, -0.1) is 0 Å². The third-order valence-electron chi connectivity index (χ3n) is 2.92. The van der Waals surface area contributed by atoms with E-state index in [1.165, 1.54) is 17.0 Å². The van der Waals surface area contributed by atoms with Crippen LogP contribution in [0, 0.1) is 5.82 Å². The van der Waals surface area contributed by atoms with E-state index in [9.17, 15) is 14.3 Å². The summed E-state index contributed by atoms with van der Waals surface area (Å²) in [5.74, 6) is 0.0353. The maximum Gasteiger partial charge on any atom is 0.289 e. The zero-order valence-corrected chi connectivity index (χ0v) is 12.3. The Morgan fingerprint density at radius 1 is 1.24 bits per heavy atom. The molecule has 0 bridgehead atoms. The molecule has 4 nitrogen and oxygen atoms in total. The highest BCUT2D eigenvalue weighted by atomic mass is 19.1. The fourth-order valence-electron chi connectivity index (χ4n) is 2.06. The van der Waals surface area contributed by atoms with Crippen molar-refractivity contribution in [3.8, 4) is 11.3 Å². The van der Waals surface area contributed by atoms with E-state index in [1.807, 2.05) is 0 Å². The number of likely N-dealkylation sites (N-methyl/N-ethyl adjacent to an activating group) is 1. The lowest BCUT2D eigenvalue weighted by molar-refractivity contribution is 0.0352. The highest BCUT2D eigenvalue weighted by Crippen LogP contribution is 2.23. The Morgan fingerprint density at radius 2 is 1.86 bits per heavy atom. The molecule has 0 aliphatic heterocycles. The van der Waals surface area contributed by atoms with Crippen molar-refractivity contribution in [3.63, 3.8) is 0 Å². The molecule has 0 aliphatic rings. The summed E-state index contributed by atoms with van der Waals surface area (Å²) in [4.78, 5) is 13.6. The first-order valence-corrected chi connectivity index (χ1v) is 6.60. The van der Waals surface area contributed by atoms with Crippen LogP contribution in [0.3, 0.4) is 0 Å². The highest BCUT2D eigenvalue weighted by molar-refractivity contribution is 5.92. The molecule has 0 fully saturated rings. The number of amides is 1. The maximum atomic E-state index is 12.9. The van der Waals surface area contributed by atoms with Gasteiger partial charge in [0.05, 0.1) is 5.60 Å². The fourth-order valence-corrected chi connectivity index (χ4v) is 2.06. The molecule has 1 aromatic heterocycles. The van der Waals surface area contributed by atoms with Gasteiger partial charge in [0, 0.05) is 19.2 Å². The molecule has 0 saturated heterocycles. The summed E-state index contributed by atoms with van der Waals surface area (Å²) in [6, 6.07) is 9.08. The number of carbonyl (C=O) groups is 1. The molecule has 0 atom stereocenters. The lowest BCUT2D eigenvalue weighted by Gasteiger charge is -2.24. The van der Waals surface area contributed by atoms with E-state index in [1.54, 1.807) is 45.2 Å². The van der Waals surface area contributed by atoms with Gasteiger partial charge in [-0.3, -0.25) is 4.79 Å². The third-order valence-corrected chi connectivity index (χ3v) is 2.92. The van der Waals surface area contributed by atoms with Crippen molar-refractivity contribution in [2.75, 3.05) is 13.6 Å². The van der Waals surface area contributed by atoms with Crippen LogP contribution < -0.4 is 0 Å². The van der Waals surface area contributed by atoms with E-state index in [4.69, 9.17) is 4.42 Å². The molecule has 0 saturated carbocycles. The average Bonchev–Trinajstić information content (AvgIpc) is 2.86. The predicted molar refractivity (Wildman–Crippen MR) is 77.4 cm³/mol. The molecule has 0 radical (unpaired) electrons. The number of carbonyl (C=O) groups excluding carboxylic acids is 1. The summed E-state index contributed by atoms with van der Waals surface area (Å²) in [6.07, 6.45) is 0.